The number of nitrogens with two attached hydrogens (primary N) is 1. The Morgan fingerprint density at radius 2 is 2.31 bits per heavy atom. The molecule has 0 aromatic heterocycles. The summed E-state index contributed by atoms with van der Waals surface area (Å²) in [4.78, 5) is 4.40. The maximum Gasteiger partial charge on any atom is 0.206 e. The lowest BCUT2D eigenvalue weighted by atomic mass is 9.95. The van der Waals surface area contributed by atoms with Gasteiger partial charge in [-0.25, -0.2) is 5.84 Å². The van der Waals surface area contributed by atoms with Crippen molar-refractivity contribution in [2.24, 2.45) is 16.8 Å². The maximum absolute atomic E-state index is 5.55. The summed E-state index contributed by atoms with van der Waals surface area (Å²) >= 11 is 0. The zero-order valence-corrected chi connectivity index (χ0v) is 10.7. The van der Waals surface area contributed by atoms with Crippen molar-refractivity contribution >= 4 is 5.96 Å². The summed E-state index contributed by atoms with van der Waals surface area (Å²) in [6.07, 6.45) is 1.14. The van der Waals surface area contributed by atoms with E-state index in [-0.39, 0.29) is 11.6 Å². The van der Waals surface area contributed by atoms with Crippen molar-refractivity contribution in [1.82, 2.24) is 10.7 Å². The summed E-state index contributed by atoms with van der Waals surface area (Å²) in [6.45, 7) is 10.00. The Hall–Kier alpha value is -0.810. The van der Waals surface area contributed by atoms with E-state index in [1.807, 2.05) is 0 Å². The molecule has 2 unspecified atom stereocenters. The second kappa shape index (κ2) is 5.50. The zero-order valence-electron chi connectivity index (χ0n) is 10.7. The first-order chi connectivity index (χ1) is 7.48. The average molecular weight is 228 g/mol. The fraction of sp³-hybridized carbons (Fsp3) is 0.909. The molecular weight excluding hydrogens is 204 g/mol. The molecule has 0 radical (unpaired) electrons. The second-order valence-corrected chi connectivity index (χ2v) is 5.03. The molecule has 1 saturated heterocycles. The Kier molecular flexibility index (Phi) is 4.56. The van der Waals surface area contributed by atoms with Crippen LogP contribution >= 0.6 is 0 Å². The second-order valence-electron chi connectivity index (χ2n) is 5.03. The SMILES string of the molecule is CC(C)CN=C(NN)NC1(C)CCOC1C. The van der Waals surface area contributed by atoms with Crippen LogP contribution in [0.3, 0.4) is 0 Å². The van der Waals surface area contributed by atoms with Crippen molar-refractivity contribution in [3.63, 3.8) is 0 Å². The summed E-state index contributed by atoms with van der Waals surface area (Å²) in [5.74, 6) is 6.63. The van der Waals surface area contributed by atoms with Gasteiger partial charge in [-0.3, -0.25) is 10.4 Å². The van der Waals surface area contributed by atoms with Crippen LogP contribution in [-0.4, -0.2) is 30.8 Å². The lowest BCUT2D eigenvalue weighted by Gasteiger charge is -2.30. The van der Waals surface area contributed by atoms with E-state index < -0.39 is 0 Å². The van der Waals surface area contributed by atoms with Crippen molar-refractivity contribution in [3.05, 3.63) is 0 Å². The molecule has 1 heterocycles. The predicted molar refractivity (Wildman–Crippen MR) is 66.0 cm³/mol. The molecule has 0 aromatic carbocycles. The average Bonchev–Trinajstić information content (AvgIpc) is 2.54. The Labute approximate surface area is 97.8 Å². The molecule has 16 heavy (non-hydrogen) atoms. The molecule has 5 heteroatoms. The van der Waals surface area contributed by atoms with Gasteiger partial charge in [0, 0.05) is 13.2 Å². The van der Waals surface area contributed by atoms with Gasteiger partial charge in [0.05, 0.1) is 11.6 Å². The number of guanidine groups is 1. The van der Waals surface area contributed by atoms with Crippen LogP contribution in [0.25, 0.3) is 0 Å². The molecule has 0 bridgehead atoms. The van der Waals surface area contributed by atoms with E-state index in [1.165, 1.54) is 0 Å². The number of ether oxygens (including phenoxy) is 1. The minimum atomic E-state index is -0.0812. The van der Waals surface area contributed by atoms with Crippen molar-refractivity contribution in [3.8, 4) is 0 Å². The van der Waals surface area contributed by atoms with Crippen LogP contribution in [0.1, 0.15) is 34.1 Å². The molecule has 0 saturated carbocycles. The van der Waals surface area contributed by atoms with E-state index in [9.17, 15) is 0 Å². The molecule has 1 aliphatic rings. The summed E-state index contributed by atoms with van der Waals surface area (Å²) in [5.41, 5.74) is 2.53. The molecule has 4 N–H and O–H groups in total. The van der Waals surface area contributed by atoms with Gasteiger partial charge in [-0.05, 0) is 26.2 Å². The molecule has 0 aromatic rings. The standard InChI is InChI=1S/C11H24N4O/c1-8(2)7-13-10(15-12)14-11(4)5-6-16-9(11)3/h8-9H,5-7,12H2,1-4H3,(H2,13,14,15). The van der Waals surface area contributed by atoms with Crippen molar-refractivity contribution in [2.45, 2.75) is 45.8 Å². The normalized spacial score (nSPS) is 30.9. The van der Waals surface area contributed by atoms with Gasteiger partial charge < -0.3 is 10.1 Å². The number of rotatable bonds is 3. The first-order valence-corrected chi connectivity index (χ1v) is 5.89. The Balaban J connectivity index is 2.58. The molecule has 0 aliphatic carbocycles. The van der Waals surface area contributed by atoms with E-state index in [4.69, 9.17) is 10.6 Å². The van der Waals surface area contributed by atoms with Crippen LogP contribution in [0.5, 0.6) is 0 Å². The smallest absolute Gasteiger partial charge is 0.206 e. The number of nitrogens with zero attached hydrogens (tertiary/aromatic N) is 1. The van der Waals surface area contributed by atoms with E-state index in [2.05, 4.69) is 43.4 Å². The van der Waals surface area contributed by atoms with Crippen molar-refractivity contribution in [2.75, 3.05) is 13.2 Å². The highest BCUT2D eigenvalue weighted by Gasteiger charge is 2.37. The Morgan fingerprint density at radius 1 is 1.62 bits per heavy atom. The molecule has 2 atom stereocenters. The van der Waals surface area contributed by atoms with E-state index in [0.29, 0.717) is 11.9 Å². The van der Waals surface area contributed by atoms with Crippen LogP contribution in [0.2, 0.25) is 0 Å². The largest absolute Gasteiger partial charge is 0.376 e. The van der Waals surface area contributed by atoms with Crippen LogP contribution in [-0.2, 0) is 4.74 Å². The fourth-order valence-electron chi connectivity index (χ4n) is 1.66. The highest BCUT2D eigenvalue weighted by molar-refractivity contribution is 5.80. The summed E-state index contributed by atoms with van der Waals surface area (Å²) in [5, 5.41) is 3.34. The molecule has 5 nitrogen and oxygen atoms in total. The van der Waals surface area contributed by atoms with Gasteiger partial charge in [-0.15, -0.1) is 0 Å². The number of hydrazine groups is 1. The number of aliphatic imine (C=N–C) groups is 1. The number of nitrogens with one attached hydrogen (secondary N) is 2. The van der Waals surface area contributed by atoms with Gasteiger partial charge in [0.15, 0.2) is 0 Å². The van der Waals surface area contributed by atoms with Gasteiger partial charge in [0.2, 0.25) is 5.96 Å². The van der Waals surface area contributed by atoms with Crippen LogP contribution < -0.4 is 16.6 Å². The lowest BCUT2D eigenvalue weighted by molar-refractivity contribution is 0.0945. The third-order valence-electron chi connectivity index (χ3n) is 3.04. The topological polar surface area (TPSA) is 71.7 Å². The molecule has 94 valence electrons. The molecular formula is C11H24N4O. The van der Waals surface area contributed by atoms with E-state index in [1.54, 1.807) is 0 Å². The highest BCUT2D eigenvalue weighted by atomic mass is 16.5. The summed E-state index contributed by atoms with van der Waals surface area (Å²) < 4.78 is 5.55. The minimum absolute atomic E-state index is 0.0812. The van der Waals surface area contributed by atoms with Crippen LogP contribution in [0.4, 0.5) is 0 Å². The van der Waals surface area contributed by atoms with Gasteiger partial charge in [0.1, 0.15) is 0 Å². The highest BCUT2D eigenvalue weighted by Crippen LogP contribution is 2.24. The third kappa shape index (κ3) is 3.35. The summed E-state index contributed by atoms with van der Waals surface area (Å²) in [6, 6.07) is 0. The minimum Gasteiger partial charge on any atom is -0.376 e. The zero-order chi connectivity index (χ0) is 12.2. The molecule has 0 amide bonds. The van der Waals surface area contributed by atoms with Crippen LogP contribution in [0.15, 0.2) is 4.99 Å². The fourth-order valence-corrected chi connectivity index (χ4v) is 1.66. The van der Waals surface area contributed by atoms with Gasteiger partial charge in [-0.2, -0.15) is 0 Å². The molecule has 1 rings (SSSR count). The summed E-state index contributed by atoms with van der Waals surface area (Å²) in [7, 11) is 0. The monoisotopic (exact) mass is 228 g/mol. The van der Waals surface area contributed by atoms with Crippen molar-refractivity contribution in [1.29, 1.82) is 0 Å². The molecule has 0 spiro atoms. The van der Waals surface area contributed by atoms with Crippen LogP contribution in [0, 0.1) is 5.92 Å². The quantitative estimate of drug-likeness (QED) is 0.286. The van der Waals surface area contributed by atoms with Gasteiger partial charge >= 0.3 is 0 Å². The number of hydrogen-bond donors (Lipinski definition) is 3. The van der Waals surface area contributed by atoms with Gasteiger partial charge in [-0.1, -0.05) is 13.8 Å². The number of hydrogen-bond acceptors (Lipinski definition) is 3. The Bertz CT molecular complexity index is 254. The predicted octanol–water partition coefficient (Wildman–Crippen LogP) is 0.619. The lowest BCUT2D eigenvalue weighted by Crippen LogP contribution is -2.56. The van der Waals surface area contributed by atoms with Gasteiger partial charge in [0.25, 0.3) is 0 Å². The first-order valence-electron chi connectivity index (χ1n) is 5.89. The third-order valence-corrected chi connectivity index (χ3v) is 3.04. The Morgan fingerprint density at radius 3 is 2.75 bits per heavy atom. The molecule has 1 aliphatic heterocycles. The van der Waals surface area contributed by atoms with Crippen molar-refractivity contribution < 1.29 is 4.74 Å². The molecule has 1 fully saturated rings. The maximum atomic E-state index is 5.55. The van der Waals surface area contributed by atoms with E-state index in [0.717, 1.165) is 19.6 Å². The van der Waals surface area contributed by atoms with E-state index >= 15 is 0 Å². The first kappa shape index (κ1) is 13.3.